The first kappa shape index (κ1) is 11.8. The minimum absolute atomic E-state index is 0.0295. The maximum absolute atomic E-state index is 10.6. The molecule has 1 aromatic heterocycles. The number of hydrogen-bond acceptors (Lipinski definition) is 3. The monoisotopic (exact) mass is 268 g/mol. The number of carboxylic acid groups (broad SMARTS) is 1. The predicted octanol–water partition coefficient (Wildman–Crippen LogP) is 3.15. The summed E-state index contributed by atoms with van der Waals surface area (Å²) >= 11 is 11.7. The predicted molar refractivity (Wildman–Crippen MR) is 64.4 cm³/mol. The third-order valence-corrected chi connectivity index (χ3v) is 2.46. The first-order chi connectivity index (χ1) is 8.06. The second kappa shape index (κ2) is 4.69. The molecule has 0 aliphatic rings. The van der Waals surface area contributed by atoms with E-state index in [1.54, 1.807) is 18.2 Å². The minimum atomic E-state index is -1.07. The highest BCUT2D eigenvalue weighted by molar-refractivity contribution is 6.35. The average molecular weight is 269 g/mol. The van der Waals surface area contributed by atoms with Crippen LogP contribution in [0.4, 0.5) is 0 Å². The smallest absolute Gasteiger partial charge is 0.338 e. The van der Waals surface area contributed by atoms with Gasteiger partial charge in [-0.25, -0.2) is 14.8 Å². The van der Waals surface area contributed by atoms with Gasteiger partial charge in [0.2, 0.25) is 0 Å². The van der Waals surface area contributed by atoms with Gasteiger partial charge in [-0.1, -0.05) is 23.2 Å². The lowest BCUT2D eigenvalue weighted by Crippen LogP contribution is -1.99. The summed E-state index contributed by atoms with van der Waals surface area (Å²) in [4.78, 5) is 18.5. The SMILES string of the molecule is O=C(O)c1cnc(-c2cc(Cl)cc(Cl)c2)nc1. The molecule has 0 spiro atoms. The molecule has 0 saturated carbocycles. The highest BCUT2D eigenvalue weighted by Gasteiger charge is 2.07. The highest BCUT2D eigenvalue weighted by atomic mass is 35.5. The lowest BCUT2D eigenvalue weighted by Gasteiger charge is -2.02. The van der Waals surface area contributed by atoms with E-state index in [0.717, 1.165) is 0 Å². The summed E-state index contributed by atoms with van der Waals surface area (Å²) in [5, 5.41) is 9.65. The fraction of sp³-hybridized carbons (Fsp3) is 0. The zero-order chi connectivity index (χ0) is 12.4. The molecule has 17 heavy (non-hydrogen) atoms. The first-order valence-electron chi connectivity index (χ1n) is 4.58. The van der Waals surface area contributed by atoms with Crippen LogP contribution in [0.5, 0.6) is 0 Å². The van der Waals surface area contributed by atoms with Gasteiger partial charge in [0.15, 0.2) is 5.82 Å². The van der Waals surface area contributed by atoms with Crippen molar-refractivity contribution in [1.29, 1.82) is 0 Å². The van der Waals surface area contributed by atoms with E-state index in [9.17, 15) is 4.79 Å². The van der Waals surface area contributed by atoms with E-state index in [4.69, 9.17) is 28.3 Å². The number of halogens is 2. The van der Waals surface area contributed by atoms with Gasteiger partial charge in [0, 0.05) is 28.0 Å². The van der Waals surface area contributed by atoms with Crippen LogP contribution in [0, 0.1) is 0 Å². The van der Waals surface area contributed by atoms with E-state index in [1.807, 2.05) is 0 Å². The van der Waals surface area contributed by atoms with E-state index >= 15 is 0 Å². The van der Waals surface area contributed by atoms with Crippen LogP contribution < -0.4 is 0 Å². The van der Waals surface area contributed by atoms with Gasteiger partial charge in [-0.05, 0) is 18.2 Å². The van der Waals surface area contributed by atoms with Crippen molar-refractivity contribution in [1.82, 2.24) is 9.97 Å². The molecule has 0 bridgehead atoms. The Bertz CT molecular complexity index is 550. The quantitative estimate of drug-likeness (QED) is 0.909. The molecular formula is C11H6Cl2N2O2. The zero-order valence-electron chi connectivity index (χ0n) is 8.39. The van der Waals surface area contributed by atoms with Gasteiger partial charge in [-0.15, -0.1) is 0 Å². The molecule has 0 aliphatic heterocycles. The number of benzene rings is 1. The van der Waals surface area contributed by atoms with Gasteiger partial charge in [0.1, 0.15) is 0 Å². The van der Waals surface area contributed by atoms with Crippen molar-refractivity contribution >= 4 is 29.2 Å². The summed E-state index contributed by atoms with van der Waals surface area (Å²) < 4.78 is 0. The minimum Gasteiger partial charge on any atom is -0.478 e. The largest absolute Gasteiger partial charge is 0.478 e. The first-order valence-corrected chi connectivity index (χ1v) is 5.33. The molecule has 0 amide bonds. The summed E-state index contributed by atoms with van der Waals surface area (Å²) in [5.74, 6) is -0.694. The molecule has 1 aromatic carbocycles. The van der Waals surface area contributed by atoms with Crippen LogP contribution in [-0.4, -0.2) is 21.0 Å². The van der Waals surface area contributed by atoms with Crippen LogP contribution in [0.1, 0.15) is 10.4 Å². The van der Waals surface area contributed by atoms with E-state index < -0.39 is 5.97 Å². The van der Waals surface area contributed by atoms with Gasteiger partial charge in [0.25, 0.3) is 0 Å². The van der Waals surface area contributed by atoms with Crippen molar-refractivity contribution in [3.8, 4) is 11.4 Å². The Labute approximate surface area is 107 Å². The van der Waals surface area contributed by atoms with Crippen molar-refractivity contribution in [3.05, 3.63) is 46.2 Å². The molecule has 2 rings (SSSR count). The Kier molecular flexibility index (Phi) is 3.26. The second-order valence-electron chi connectivity index (χ2n) is 3.26. The fourth-order valence-corrected chi connectivity index (χ4v) is 1.80. The molecule has 0 atom stereocenters. The van der Waals surface area contributed by atoms with E-state index in [-0.39, 0.29) is 5.56 Å². The summed E-state index contributed by atoms with van der Waals surface area (Å²) in [5.41, 5.74) is 0.668. The third kappa shape index (κ3) is 2.72. The van der Waals surface area contributed by atoms with Gasteiger partial charge >= 0.3 is 5.97 Å². The standard InChI is InChI=1S/C11H6Cl2N2O2/c12-8-1-6(2-9(13)3-8)10-14-4-7(5-15-10)11(16)17/h1-5H,(H,16,17). The maximum Gasteiger partial charge on any atom is 0.338 e. The Morgan fingerprint density at radius 1 is 1.06 bits per heavy atom. The zero-order valence-corrected chi connectivity index (χ0v) is 9.90. The molecule has 0 aliphatic carbocycles. The highest BCUT2D eigenvalue weighted by Crippen LogP contribution is 2.24. The number of carboxylic acids is 1. The van der Waals surface area contributed by atoms with Crippen molar-refractivity contribution < 1.29 is 9.90 Å². The number of nitrogens with zero attached hydrogens (tertiary/aromatic N) is 2. The van der Waals surface area contributed by atoms with E-state index in [0.29, 0.717) is 21.4 Å². The molecule has 0 radical (unpaired) electrons. The normalized spacial score (nSPS) is 10.2. The maximum atomic E-state index is 10.6. The van der Waals surface area contributed by atoms with Crippen molar-refractivity contribution in [3.63, 3.8) is 0 Å². The van der Waals surface area contributed by atoms with Gasteiger partial charge in [0.05, 0.1) is 5.56 Å². The van der Waals surface area contributed by atoms with Gasteiger partial charge in [-0.3, -0.25) is 0 Å². The Morgan fingerprint density at radius 3 is 2.06 bits per heavy atom. The molecule has 0 unspecified atom stereocenters. The topological polar surface area (TPSA) is 63.1 Å². The van der Waals surface area contributed by atoms with Crippen LogP contribution in [0.2, 0.25) is 10.0 Å². The summed E-state index contributed by atoms with van der Waals surface area (Å²) in [6.07, 6.45) is 2.47. The van der Waals surface area contributed by atoms with Crippen LogP contribution >= 0.6 is 23.2 Å². The fourth-order valence-electron chi connectivity index (χ4n) is 1.27. The number of aromatic nitrogens is 2. The Morgan fingerprint density at radius 2 is 1.59 bits per heavy atom. The third-order valence-electron chi connectivity index (χ3n) is 2.02. The van der Waals surface area contributed by atoms with Crippen LogP contribution in [0.3, 0.4) is 0 Å². The Balaban J connectivity index is 2.43. The molecule has 0 fully saturated rings. The molecule has 1 heterocycles. The van der Waals surface area contributed by atoms with Crippen molar-refractivity contribution in [2.75, 3.05) is 0 Å². The molecule has 86 valence electrons. The Hall–Kier alpha value is -1.65. The molecule has 1 N–H and O–H groups in total. The molecule has 4 nitrogen and oxygen atoms in total. The summed E-state index contributed by atoms with van der Waals surface area (Å²) in [7, 11) is 0. The number of hydrogen-bond donors (Lipinski definition) is 1. The lowest BCUT2D eigenvalue weighted by molar-refractivity contribution is 0.0696. The van der Waals surface area contributed by atoms with E-state index in [2.05, 4.69) is 9.97 Å². The number of carbonyl (C=O) groups is 1. The number of aromatic carboxylic acids is 1. The van der Waals surface area contributed by atoms with E-state index in [1.165, 1.54) is 12.4 Å². The molecular weight excluding hydrogens is 263 g/mol. The molecule has 2 aromatic rings. The molecule has 0 saturated heterocycles. The average Bonchev–Trinajstić information content (AvgIpc) is 2.28. The summed E-state index contributed by atoms with van der Waals surface area (Å²) in [6, 6.07) is 4.91. The van der Waals surface area contributed by atoms with Crippen LogP contribution in [-0.2, 0) is 0 Å². The van der Waals surface area contributed by atoms with Gasteiger partial charge in [-0.2, -0.15) is 0 Å². The summed E-state index contributed by atoms with van der Waals surface area (Å²) in [6.45, 7) is 0. The van der Waals surface area contributed by atoms with Crippen LogP contribution in [0.25, 0.3) is 11.4 Å². The second-order valence-corrected chi connectivity index (χ2v) is 4.13. The van der Waals surface area contributed by atoms with Gasteiger partial charge < -0.3 is 5.11 Å². The van der Waals surface area contributed by atoms with Crippen molar-refractivity contribution in [2.24, 2.45) is 0 Å². The number of rotatable bonds is 2. The lowest BCUT2D eigenvalue weighted by atomic mass is 10.2. The van der Waals surface area contributed by atoms with Crippen LogP contribution in [0.15, 0.2) is 30.6 Å². The molecule has 6 heteroatoms. The van der Waals surface area contributed by atoms with Crippen molar-refractivity contribution in [2.45, 2.75) is 0 Å².